The molecule has 0 bridgehead atoms. The zero-order valence-electron chi connectivity index (χ0n) is 14.9. The van der Waals surface area contributed by atoms with Crippen LogP contribution in [0.4, 0.5) is 0 Å². The summed E-state index contributed by atoms with van der Waals surface area (Å²) in [5, 5.41) is 10.2. The summed E-state index contributed by atoms with van der Waals surface area (Å²) in [6, 6.07) is 18.5. The van der Waals surface area contributed by atoms with Crippen LogP contribution in [0, 0.1) is 0 Å². The smallest absolute Gasteiger partial charge is 0.340 e. The van der Waals surface area contributed by atoms with E-state index in [1.807, 2.05) is 53.2 Å². The predicted molar refractivity (Wildman–Crippen MR) is 103 cm³/mol. The molecule has 4 aromatic rings. The molecule has 0 amide bonds. The Morgan fingerprint density at radius 1 is 1.07 bits per heavy atom. The largest absolute Gasteiger partial charge is 0.502 e. The number of ether oxygens (including phenoxy) is 1. The number of hydrogen-bond acceptors (Lipinski definition) is 5. The van der Waals surface area contributed by atoms with Crippen molar-refractivity contribution < 1.29 is 19.1 Å². The zero-order valence-corrected chi connectivity index (χ0v) is 14.9. The number of aromatic nitrogens is 1. The van der Waals surface area contributed by atoms with Crippen LogP contribution in [0.5, 0.6) is 5.75 Å². The number of fused-ring (bicyclic) bond motifs is 1. The lowest BCUT2D eigenvalue weighted by atomic mass is 10.1. The fraction of sp³-hybridized carbons (Fsp3) is 0.0909. The number of esters is 1. The summed E-state index contributed by atoms with van der Waals surface area (Å²) in [5.41, 5.74) is 1.74. The van der Waals surface area contributed by atoms with Crippen molar-refractivity contribution in [2.75, 3.05) is 0 Å². The van der Waals surface area contributed by atoms with Crippen LogP contribution in [0.2, 0.25) is 0 Å². The van der Waals surface area contributed by atoms with E-state index in [0.29, 0.717) is 12.1 Å². The summed E-state index contributed by atoms with van der Waals surface area (Å²) in [6.45, 7) is 0.422. The lowest BCUT2D eigenvalue weighted by Crippen LogP contribution is -2.09. The van der Waals surface area contributed by atoms with Crippen molar-refractivity contribution in [1.82, 2.24) is 4.57 Å². The van der Waals surface area contributed by atoms with Crippen LogP contribution < -0.4 is 5.43 Å². The maximum Gasteiger partial charge on any atom is 0.340 e. The molecule has 0 saturated carbocycles. The molecule has 0 spiro atoms. The molecule has 140 valence electrons. The van der Waals surface area contributed by atoms with Gasteiger partial charge in [0.05, 0.1) is 11.1 Å². The highest BCUT2D eigenvalue weighted by atomic mass is 16.5. The number of nitrogens with zero attached hydrogens (tertiary/aromatic N) is 1. The Hall–Kier alpha value is -3.80. The van der Waals surface area contributed by atoms with Gasteiger partial charge in [-0.2, -0.15) is 0 Å². The fourth-order valence-electron chi connectivity index (χ4n) is 3.07. The van der Waals surface area contributed by atoms with Gasteiger partial charge in [-0.3, -0.25) is 4.79 Å². The van der Waals surface area contributed by atoms with Crippen molar-refractivity contribution in [1.29, 1.82) is 0 Å². The van der Waals surface area contributed by atoms with Gasteiger partial charge in [0.15, 0.2) is 5.75 Å². The van der Waals surface area contributed by atoms with E-state index >= 15 is 0 Å². The highest BCUT2D eigenvalue weighted by Crippen LogP contribution is 2.23. The van der Waals surface area contributed by atoms with Crippen molar-refractivity contribution in [2.24, 2.45) is 0 Å². The fourth-order valence-corrected chi connectivity index (χ4v) is 3.07. The zero-order chi connectivity index (χ0) is 19.5. The van der Waals surface area contributed by atoms with Gasteiger partial charge in [0.25, 0.3) is 0 Å². The van der Waals surface area contributed by atoms with E-state index in [-0.39, 0.29) is 12.4 Å². The number of rotatable bonds is 5. The van der Waals surface area contributed by atoms with Crippen LogP contribution in [0.15, 0.2) is 82.3 Å². The van der Waals surface area contributed by atoms with Gasteiger partial charge in [-0.05, 0) is 17.7 Å². The Bertz CT molecular complexity index is 1190. The van der Waals surface area contributed by atoms with Crippen LogP contribution in [-0.2, 0) is 17.9 Å². The third-order valence-electron chi connectivity index (χ3n) is 4.42. The highest BCUT2D eigenvalue weighted by molar-refractivity contribution is 6.03. The van der Waals surface area contributed by atoms with Crippen LogP contribution in [0.25, 0.3) is 10.9 Å². The molecule has 2 aromatic carbocycles. The standard InChI is InChI=1S/C22H17NO5/c24-19-11-17(27-14-20(19)25)13-28-22(26)18-8-4-7-16-9-10-23(21(16)18)12-15-5-2-1-3-6-15/h1-11,14,25H,12-13H2. The molecule has 0 aliphatic heterocycles. The molecule has 0 radical (unpaired) electrons. The van der Waals surface area contributed by atoms with Crippen molar-refractivity contribution in [3.8, 4) is 5.75 Å². The molecule has 28 heavy (non-hydrogen) atoms. The first-order valence-corrected chi connectivity index (χ1v) is 8.71. The van der Waals surface area contributed by atoms with E-state index in [2.05, 4.69) is 0 Å². The normalized spacial score (nSPS) is 10.9. The summed E-state index contributed by atoms with van der Waals surface area (Å²) in [5.74, 6) is -0.851. The number of hydrogen-bond donors (Lipinski definition) is 1. The van der Waals surface area contributed by atoms with Gasteiger partial charge in [0.1, 0.15) is 18.6 Å². The molecule has 0 unspecified atom stereocenters. The van der Waals surface area contributed by atoms with Crippen molar-refractivity contribution >= 4 is 16.9 Å². The molecule has 0 aliphatic rings. The van der Waals surface area contributed by atoms with Crippen molar-refractivity contribution in [2.45, 2.75) is 13.2 Å². The summed E-state index contributed by atoms with van der Waals surface area (Å²) < 4.78 is 12.4. The maximum absolute atomic E-state index is 12.7. The Morgan fingerprint density at radius 3 is 2.68 bits per heavy atom. The van der Waals surface area contributed by atoms with Gasteiger partial charge in [-0.1, -0.05) is 42.5 Å². The van der Waals surface area contributed by atoms with Crippen molar-refractivity contribution in [3.63, 3.8) is 0 Å². The number of carbonyl (C=O) groups is 1. The maximum atomic E-state index is 12.7. The van der Waals surface area contributed by atoms with Crippen LogP contribution in [0.1, 0.15) is 21.7 Å². The van der Waals surface area contributed by atoms with Gasteiger partial charge >= 0.3 is 5.97 Å². The average Bonchev–Trinajstić information content (AvgIpc) is 3.12. The Morgan fingerprint density at radius 2 is 1.89 bits per heavy atom. The minimum Gasteiger partial charge on any atom is -0.502 e. The molecule has 2 aromatic heterocycles. The van der Waals surface area contributed by atoms with Gasteiger partial charge in [-0.25, -0.2) is 4.79 Å². The first kappa shape index (κ1) is 17.6. The van der Waals surface area contributed by atoms with Gasteiger partial charge in [-0.15, -0.1) is 0 Å². The van der Waals surface area contributed by atoms with E-state index in [4.69, 9.17) is 9.15 Å². The highest BCUT2D eigenvalue weighted by Gasteiger charge is 2.16. The van der Waals surface area contributed by atoms with E-state index in [1.54, 1.807) is 12.1 Å². The van der Waals surface area contributed by atoms with Crippen LogP contribution in [-0.4, -0.2) is 15.6 Å². The first-order chi connectivity index (χ1) is 13.6. The molecule has 0 fully saturated rings. The molecular weight excluding hydrogens is 358 g/mol. The lowest BCUT2D eigenvalue weighted by molar-refractivity contribution is 0.0444. The van der Waals surface area contributed by atoms with Gasteiger partial charge in [0, 0.05) is 24.2 Å². The Balaban J connectivity index is 1.60. The molecule has 0 aliphatic carbocycles. The average molecular weight is 375 g/mol. The molecule has 6 nitrogen and oxygen atoms in total. The van der Waals surface area contributed by atoms with Gasteiger partial charge in [0.2, 0.25) is 5.43 Å². The van der Waals surface area contributed by atoms with E-state index in [9.17, 15) is 14.7 Å². The minimum absolute atomic E-state index is 0.156. The molecule has 1 N–H and O–H groups in total. The van der Waals surface area contributed by atoms with Crippen LogP contribution >= 0.6 is 0 Å². The Kier molecular flexibility index (Phi) is 4.68. The minimum atomic E-state index is -0.587. The van der Waals surface area contributed by atoms with Gasteiger partial charge < -0.3 is 18.8 Å². The first-order valence-electron chi connectivity index (χ1n) is 8.71. The third-order valence-corrected chi connectivity index (χ3v) is 4.42. The topological polar surface area (TPSA) is 81.7 Å². The number of benzene rings is 2. The van der Waals surface area contributed by atoms with E-state index < -0.39 is 17.1 Å². The molecule has 0 atom stereocenters. The molecular formula is C22H17NO5. The second-order valence-electron chi connectivity index (χ2n) is 6.34. The number of aromatic hydroxyl groups is 1. The summed E-state index contributed by atoms with van der Waals surface area (Å²) in [4.78, 5) is 24.1. The second kappa shape index (κ2) is 7.44. The Labute approximate surface area is 160 Å². The monoisotopic (exact) mass is 375 g/mol. The van der Waals surface area contributed by atoms with E-state index in [0.717, 1.165) is 28.8 Å². The second-order valence-corrected chi connectivity index (χ2v) is 6.34. The lowest BCUT2D eigenvalue weighted by Gasteiger charge is -2.10. The number of para-hydroxylation sites is 1. The summed E-state index contributed by atoms with van der Waals surface area (Å²) in [7, 11) is 0. The van der Waals surface area contributed by atoms with Crippen LogP contribution in [0.3, 0.4) is 0 Å². The van der Waals surface area contributed by atoms with E-state index in [1.165, 1.54) is 0 Å². The SMILES string of the molecule is O=C(OCc1cc(=O)c(O)co1)c1cccc2ccn(Cc3ccccc3)c12. The van der Waals surface area contributed by atoms with Crippen molar-refractivity contribution in [3.05, 3.63) is 100 Å². The molecule has 2 heterocycles. The molecule has 4 rings (SSSR count). The molecule has 6 heteroatoms. The molecule has 0 saturated heterocycles. The predicted octanol–water partition coefficient (Wildman–Crippen LogP) is 3.71. The quantitative estimate of drug-likeness (QED) is 0.538. The summed E-state index contributed by atoms with van der Waals surface area (Å²) >= 11 is 0. The third kappa shape index (κ3) is 3.53. The number of carbonyl (C=O) groups excluding carboxylic acids is 1. The summed E-state index contributed by atoms with van der Waals surface area (Å²) in [6.07, 6.45) is 2.87.